The summed E-state index contributed by atoms with van der Waals surface area (Å²) in [4.78, 5) is 0. The third kappa shape index (κ3) is 4.15. The second-order valence-corrected chi connectivity index (χ2v) is 4.50. The second kappa shape index (κ2) is 6.79. The first-order chi connectivity index (χ1) is 8.36. The fraction of sp³-hybridized carbons (Fsp3) is 0.692. The Morgan fingerprint density at radius 1 is 1.59 bits per heavy atom. The van der Waals surface area contributed by atoms with Crippen LogP contribution in [0.1, 0.15) is 25.1 Å². The molecule has 4 heteroatoms. The molecule has 1 aliphatic heterocycles. The standard InChI is InChI=1S/C13H21NO3/c1-11(13-3-2-6-17-13)14-5-8-16-10-12-4-7-15-9-12/h2-3,6,11-12,14H,4-5,7-10H2,1H3. The molecule has 96 valence electrons. The minimum Gasteiger partial charge on any atom is -0.468 e. The van der Waals surface area contributed by atoms with Crippen LogP contribution in [-0.2, 0) is 9.47 Å². The number of rotatable bonds is 7. The minimum absolute atomic E-state index is 0.239. The molecule has 2 unspecified atom stereocenters. The van der Waals surface area contributed by atoms with Gasteiger partial charge in [-0.05, 0) is 25.5 Å². The lowest BCUT2D eigenvalue weighted by atomic mass is 10.1. The number of ether oxygens (including phenoxy) is 2. The molecule has 4 nitrogen and oxygen atoms in total. The monoisotopic (exact) mass is 239 g/mol. The zero-order valence-electron chi connectivity index (χ0n) is 10.4. The van der Waals surface area contributed by atoms with E-state index in [2.05, 4.69) is 12.2 Å². The van der Waals surface area contributed by atoms with Crippen LogP contribution in [0.3, 0.4) is 0 Å². The molecule has 0 aliphatic carbocycles. The lowest BCUT2D eigenvalue weighted by Gasteiger charge is -2.12. The van der Waals surface area contributed by atoms with Gasteiger partial charge in [-0.1, -0.05) is 0 Å². The van der Waals surface area contributed by atoms with E-state index in [0.717, 1.165) is 45.2 Å². The molecule has 2 heterocycles. The topological polar surface area (TPSA) is 43.6 Å². The maximum Gasteiger partial charge on any atom is 0.120 e. The first kappa shape index (κ1) is 12.6. The average Bonchev–Trinajstić information content (AvgIpc) is 3.01. The van der Waals surface area contributed by atoms with Crippen molar-refractivity contribution >= 4 is 0 Å². The van der Waals surface area contributed by atoms with Crippen molar-refractivity contribution in [1.82, 2.24) is 5.32 Å². The second-order valence-electron chi connectivity index (χ2n) is 4.50. The summed E-state index contributed by atoms with van der Waals surface area (Å²) in [6.45, 7) is 6.23. The molecule has 1 fully saturated rings. The van der Waals surface area contributed by atoms with E-state index in [9.17, 15) is 0 Å². The largest absolute Gasteiger partial charge is 0.468 e. The van der Waals surface area contributed by atoms with Crippen LogP contribution in [0, 0.1) is 5.92 Å². The lowest BCUT2D eigenvalue weighted by molar-refractivity contribution is 0.0900. The van der Waals surface area contributed by atoms with Crippen LogP contribution in [-0.4, -0.2) is 33.0 Å². The Labute approximate surface area is 102 Å². The van der Waals surface area contributed by atoms with Gasteiger partial charge in [0.15, 0.2) is 0 Å². The number of furan rings is 1. The predicted octanol–water partition coefficient (Wildman–Crippen LogP) is 1.98. The van der Waals surface area contributed by atoms with Gasteiger partial charge in [0.2, 0.25) is 0 Å². The normalized spacial score (nSPS) is 21.8. The summed E-state index contributed by atoms with van der Waals surface area (Å²) in [5, 5.41) is 3.36. The predicted molar refractivity (Wildman–Crippen MR) is 64.9 cm³/mol. The molecule has 2 rings (SSSR count). The molecule has 17 heavy (non-hydrogen) atoms. The number of nitrogens with one attached hydrogen (secondary N) is 1. The van der Waals surface area contributed by atoms with Gasteiger partial charge in [0.25, 0.3) is 0 Å². The summed E-state index contributed by atoms with van der Waals surface area (Å²) in [7, 11) is 0. The molecule has 1 aromatic rings. The SMILES string of the molecule is CC(NCCOCC1CCOC1)c1ccco1. The van der Waals surface area contributed by atoms with Crippen molar-refractivity contribution in [2.75, 3.05) is 33.0 Å². The molecular formula is C13H21NO3. The Hall–Kier alpha value is -0.840. The first-order valence-corrected chi connectivity index (χ1v) is 6.28. The van der Waals surface area contributed by atoms with Crippen LogP contribution in [0.15, 0.2) is 22.8 Å². The van der Waals surface area contributed by atoms with E-state index in [0.29, 0.717) is 5.92 Å². The van der Waals surface area contributed by atoms with Crippen LogP contribution in [0.5, 0.6) is 0 Å². The summed E-state index contributed by atoms with van der Waals surface area (Å²) >= 11 is 0. The third-order valence-electron chi connectivity index (χ3n) is 3.04. The number of hydrogen-bond donors (Lipinski definition) is 1. The molecule has 0 radical (unpaired) electrons. The van der Waals surface area contributed by atoms with E-state index in [-0.39, 0.29) is 6.04 Å². The third-order valence-corrected chi connectivity index (χ3v) is 3.04. The molecular weight excluding hydrogens is 218 g/mol. The van der Waals surface area contributed by atoms with Crippen LogP contribution in [0.4, 0.5) is 0 Å². The Morgan fingerprint density at radius 2 is 2.53 bits per heavy atom. The van der Waals surface area contributed by atoms with E-state index in [4.69, 9.17) is 13.9 Å². The molecule has 1 aromatic heterocycles. The van der Waals surface area contributed by atoms with Gasteiger partial charge in [0.05, 0.1) is 32.1 Å². The molecule has 1 saturated heterocycles. The van der Waals surface area contributed by atoms with Gasteiger partial charge in [-0.3, -0.25) is 0 Å². The van der Waals surface area contributed by atoms with Crippen LogP contribution >= 0.6 is 0 Å². The van der Waals surface area contributed by atoms with E-state index >= 15 is 0 Å². The van der Waals surface area contributed by atoms with Gasteiger partial charge in [-0.15, -0.1) is 0 Å². The summed E-state index contributed by atoms with van der Waals surface area (Å²) < 4.78 is 16.2. The molecule has 0 amide bonds. The van der Waals surface area contributed by atoms with E-state index in [1.165, 1.54) is 0 Å². The Balaban J connectivity index is 1.51. The average molecular weight is 239 g/mol. The lowest BCUT2D eigenvalue weighted by Crippen LogP contribution is -2.24. The first-order valence-electron chi connectivity index (χ1n) is 6.28. The maximum absolute atomic E-state index is 5.61. The molecule has 0 aromatic carbocycles. The molecule has 1 N–H and O–H groups in total. The number of hydrogen-bond acceptors (Lipinski definition) is 4. The van der Waals surface area contributed by atoms with Crippen molar-refractivity contribution in [2.24, 2.45) is 5.92 Å². The highest BCUT2D eigenvalue weighted by molar-refractivity contribution is 5.02. The van der Waals surface area contributed by atoms with Crippen LogP contribution in [0.25, 0.3) is 0 Å². The zero-order valence-corrected chi connectivity index (χ0v) is 10.4. The van der Waals surface area contributed by atoms with E-state index in [1.54, 1.807) is 6.26 Å². The van der Waals surface area contributed by atoms with Crippen molar-refractivity contribution in [2.45, 2.75) is 19.4 Å². The van der Waals surface area contributed by atoms with Crippen molar-refractivity contribution < 1.29 is 13.9 Å². The maximum atomic E-state index is 5.61. The highest BCUT2D eigenvalue weighted by atomic mass is 16.5. The van der Waals surface area contributed by atoms with Crippen molar-refractivity contribution in [3.63, 3.8) is 0 Å². The van der Waals surface area contributed by atoms with Gasteiger partial charge in [0, 0.05) is 19.1 Å². The Bertz CT molecular complexity index is 294. The zero-order chi connectivity index (χ0) is 11.9. The van der Waals surface area contributed by atoms with Crippen LogP contribution < -0.4 is 5.32 Å². The fourth-order valence-corrected chi connectivity index (χ4v) is 1.95. The van der Waals surface area contributed by atoms with Crippen molar-refractivity contribution in [1.29, 1.82) is 0 Å². The molecule has 0 saturated carbocycles. The van der Waals surface area contributed by atoms with Gasteiger partial charge >= 0.3 is 0 Å². The van der Waals surface area contributed by atoms with E-state index in [1.807, 2.05) is 12.1 Å². The summed E-state index contributed by atoms with van der Waals surface area (Å²) in [5.74, 6) is 1.56. The Morgan fingerprint density at radius 3 is 3.24 bits per heavy atom. The molecule has 0 bridgehead atoms. The van der Waals surface area contributed by atoms with Gasteiger partial charge in [-0.25, -0.2) is 0 Å². The Kier molecular flexibility index (Phi) is 5.04. The van der Waals surface area contributed by atoms with Crippen molar-refractivity contribution in [3.8, 4) is 0 Å². The molecule has 2 atom stereocenters. The summed E-state index contributed by atoms with van der Waals surface area (Å²) in [6.07, 6.45) is 2.83. The van der Waals surface area contributed by atoms with Crippen molar-refractivity contribution in [3.05, 3.63) is 24.2 Å². The molecule has 1 aliphatic rings. The van der Waals surface area contributed by atoms with Gasteiger partial charge in [0.1, 0.15) is 5.76 Å². The fourth-order valence-electron chi connectivity index (χ4n) is 1.95. The molecule has 0 spiro atoms. The highest BCUT2D eigenvalue weighted by Crippen LogP contribution is 2.13. The van der Waals surface area contributed by atoms with E-state index < -0.39 is 0 Å². The van der Waals surface area contributed by atoms with Crippen LogP contribution in [0.2, 0.25) is 0 Å². The minimum atomic E-state index is 0.239. The van der Waals surface area contributed by atoms with Gasteiger partial charge < -0.3 is 19.2 Å². The smallest absolute Gasteiger partial charge is 0.120 e. The van der Waals surface area contributed by atoms with Gasteiger partial charge in [-0.2, -0.15) is 0 Å². The quantitative estimate of drug-likeness (QED) is 0.739. The highest BCUT2D eigenvalue weighted by Gasteiger charge is 2.15. The summed E-state index contributed by atoms with van der Waals surface area (Å²) in [5.41, 5.74) is 0. The summed E-state index contributed by atoms with van der Waals surface area (Å²) in [6, 6.07) is 4.13.